The lowest BCUT2D eigenvalue weighted by Crippen LogP contribution is -2.29. The molecule has 0 N–H and O–H groups in total. The molecule has 2 unspecified atom stereocenters. The van der Waals surface area contributed by atoms with E-state index in [0.717, 1.165) is 29.6 Å². The molecule has 0 bridgehead atoms. The molecule has 2 aliphatic carbocycles. The Bertz CT molecular complexity index is 198. The number of hydrogen-bond acceptors (Lipinski definition) is 0. The molecule has 94 valence electrons. The van der Waals surface area contributed by atoms with Gasteiger partial charge in [0.2, 0.25) is 0 Å². The van der Waals surface area contributed by atoms with Gasteiger partial charge in [0.05, 0.1) is 0 Å². The fourth-order valence-electron chi connectivity index (χ4n) is 4.29. The maximum atomic E-state index is 2.51. The Labute approximate surface area is 102 Å². The van der Waals surface area contributed by atoms with Gasteiger partial charge in [0, 0.05) is 0 Å². The summed E-state index contributed by atoms with van der Waals surface area (Å²) in [4.78, 5) is 0. The third kappa shape index (κ3) is 2.81. The van der Waals surface area contributed by atoms with E-state index in [1.54, 1.807) is 0 Å². The maximum absolute atomic E-state index is 2.51. The topological polar surface area (TPSA) is 0 Å². The summed E-state index contributed by atoms with van der Waals surface area (Å²) >= 11 is 0. The van der Waals surface area contributed by atoms with E-state index in [1.165, 1.54) is 51.4 Å². The second-order valence-corrected chi connectivity index (χ2v) is 6.84. The average Bonchev–Trinajstić information content (AvgIpc) is 2.30. The zero-order valence-electron chi connectivity index (χ0n) is 11.5. The monoisotopic (exact) mass is 222 g/mol. The smallest absolute Gasteiger partial charge is 0.0360 e. The maximum Gasteiger partial charge on any atom is -0.0360 e. The molecule has 0 aliphatic heterocycles. The summed E-state index contributed by atoms with van der Waals surface area (Å²) in [5, 5.41) is 0. The molecule has 0 aromatic carbocycles. The summed E-state index contributed by atoms with van der Waals surface area (Å²) in [6.45, 7) is 7.33. The lowest BCUT2D eigenvalue weighted by molar-refractivity contribution is 0.110. The zero-order valence-corrected chi connectivity index (χ0v) is 11.5. The van der Waals surface area contributed by atoms with Gasteiger partial charge in [-0.15, -0.1) is 0 Å². The van der Waals surface area contributed by atoms with Crippen molar-refractivity contribution in [1.29, 1.82) is 0 Å². The molecular formula is C16H30. The summed E-state index contributed by atoms with van der Waals surface area (Å²) in [5.41, 5.74) is 0. The van der Waals surface area contributed by atoms with Crippen molar-refractivity contribution in [1.82, 2.24) is 0 Å². The molecular weight excluding hydrogens is 192 g/mol. The predicted molar refractivity (Wildman–Crippen MR) is 71.4 cm³/mol. The Balaban J connectivity index is 1.83. The van der Waals surface area contributed by atoms with E-state index in [2.05, 4.69) is 20.8 Å². The summed E-state index contributed by atoms with van der Waals surface area (Å²) in [6.07, 6.45) is 12.2. The highest BCUT2D eigenvalue weighted by molar-refractivity contribution is 4.83. The Morgan fingerprint density at radius 1 is 0.812 bits per heavy atom. The minimum atomic E-state index is 0.921. The molecule has 0 radical (unpaired) electrons. The summed E-state index contributed by atoms with van der Waals surface area (Å²) in [7, 11) is 0. The van der Waals surface area contributed by atoms with Crippen LogP contribution in [0.15, 0.2) is 0 Å². The van der Waals surface area contributed by atoms with Crippen molar-refractivity contribution >= 4 is 0 Å². The highest BCUT2D eigenvalue weighted by Gasteiger charge is 2.32. The molecule has 0 nitrogen and oxygen atoms in total. The van der Waals surface area contributed by atoms with Crippen LogP contribution in [-0.4, -0.2) is 0 Å². The van der Waals surface area contributed by atoms with Crippen LogP contribution in [0.25, 0.3) is 0 Å². The number of rotatable bonds is 2. The molecule has 0 aromatic heterocycles. The van der Waals surface area contributed by atoms with E-state index in [1.807, 2.05) is 0 Å². The standard InChI is InChI=1S/C16H30/c1-12(2)14-8-10-15(11-9-14)16-7-5-4-6-13(16)3/h12-16H,4-11H2,1-3H3. The van der Waals surface area contributed by atoms with Gasteiger partial charge in [-0.25, -0.2) is 0 Å². The summed E-state index contributed by atoms with van der Waals surface area (Å²) < 4.78 is 0. The first kappa shape index (κ1) is 12.5. The fourth-order valence-corrected chi connectivity index (χ4v) is 4.29. The van der Waals surface area contributed by atoms with Crippen LogP contribution in [-0.2, 0) is 0 Å². The second-order valence-electron chi connectivity index (χ2n) is 6.84. The zero-order chi connectivity index (χ0) is 11.5. The molecule has 0 aromatic rings. The largest absolute Gasteiger partial charge is 0.0625 e. The molecule has 0 spiro atoms. The normalized spacial score (nSPS) is 41.2. The SMILES string of the molecule is CC(C)C1CCC(C2CCCCC2C)CC1. The van der Waals surface area contributed by atoms with Gasteiger partial charge in [-0.3, -0.25) is 0 Å². The highest BCUT2D eigenvalue weighted by atomic mass is 14.4. The van der Waals surface area contributed by atoms with E-state index >= 15 is 0 Å². The van der Waals surface area contributed by atoms with E-state index in [0.29, 0.717) is 0 Å². The highest BCUT2D eigenvalue weighted by Crippen LogP contribution is 2.43. The quantitative estimate of drug-likeness (QED) is 0.596. The van der Waals surface area contributed by atoms with E-state index in [9.17, 15) is 0 Å². The van der Waals surface area contributed by atoms with Crippen LogP contribution in [0.3, 0.4) is 0 Å². The molecule has 2 aliphatic rings. The second kappa shape index (κ2) is 5.56. The van der Waals surface area contributed by atoms with Crippen LogP contribution >= 0.6 is 0 Å². The van der Waals surface area contributed by atoms with Gasteiger partial charge in [-0.2, -0.15) is 0 Å². The van der Waals surface area contributed by atoms with Crippen molar-refractivity contribution in [3.05, 3.63) is 0 Å². The molecule has 0 amide bonds. The number of hydrogen-bond donors (Lipinski definition) is 0. The van der Waals surface area contributed by atoms with Gasteiger partial charge in [0.15, 0.2) is 0 Å². The van der Waals surface area contributed by atoms with Gasteiger partial charge in [0.1, 0.15) is 0 Å². The first-order valence-corrected chi connectivity index (χ1v) is 7.68. The Hall–Kier alpha value is 0. The molecule has 0 heterocycles. The van der Waals surface area contributed by atoms with E-state index < -0.39 is 0 Å². The van der Waals surface area contributed by atoms with Crippen LogP contribution in [0.1, 0.15) is 72.1 Å². The van der Waals surface area contributed by atoms with Crippen molar-refractivity contribution in [2.24, 2.45) is 29.6 Å². The molecule has 0 saturated heterocycles. The third-order valence-corrected chi connectivity index (χ3v) is 5.54. The van der Waals surface area contributed by atoms with Gasteiger partial charge >= 0.3 is 0 Å². The predicted octanol–water partition coefficient (Wildman–Crippen LogP) is 5.28. The van der Waals surface area contributed by atoms with Crippen LogP contribution in [0.2, 0.25) is 0 Å². The fraction of sp³-hybridized carbons (Fsp3) is 1.00. The van der Waals surface area contributed by atoms with E-state index in [4.69, 9.17) is 0 Å². The average molecular weight is 222 g/mol. The van der Waals surface area contributed by atoms with Crippen molar-refractivity contribution in [2.75, 3.05) is 0 Å². The first-order valence-electron chi connectivity index (χ1n) is 7.68. The van der Waals surface area contributed by atoms with Crippen LogP contribution in [0.5, 0.6) is 0 Å². The van der Waals surface area contributed by atoms with Crippen LogP contribution < -0.4 is 0 Å². The Morgan fingerprint density at radius 2 is 1.44 bits per heavy atom. The van der Waals surface area contributed by atoms with Crippen LogP contribution in [0.4, 0.5) is 0 Å². The molecule has 0 heteroatoms. The minimum absolute atomic E-state index is 0.921. The van der Waals surface area contributed by atoms with Gasteiger partial charge in [0.25, 0.3) is 0 Å². The van der Waals surface area contributed by atoms with Crippen LogP contribution in [0, 0.1) is 29.6 Å². The van der Waals surface area contributed by atoms with Crippen molar-refractivity contribution in [2.45, 2.75) is 72.1 Å². The van der Waals surface area contributed by atoms with E-state index in [-0.39, 0.29) is 0 Å². The Kier molecular flexibility index (Phi) is 4.33. The summed E-state index contributed by atoms with van der Waals surface area (Å²) in [6, 6.07) is 0. The molecule has 2 saturated carbocycles. The van der Waals surface area contributed by atoms with Crippen molar-refractivity contribution < 1.29 is 0 Å². The molecule has 2 fully saturated rings. The van der Waals surface area contributed by atoms with Crippen molar-refractivity contribution in [3.63, 3.8) is 0 Å². The van der Waals surface area contributed by atoms with Crippen molar-refractivity contribution in [3.8, 4) is 0 Å². The molecule has 16 heavy (non-hydrogen) atoms. The molecule has 2 rings (SSSR count). The van der Waals surface area contributed by atoms with Gasteiger partial charge < -0.3 is 0 Å². The summed E-state index contributed by atoms with van der Waals surface area (Å²) in [5.74, 6) is 5.15. The lowest BCUT2D eigenvalue weighted by atomic mass is 9.66. The van der Waals surface area contributed by atoms with Gasteiger partial charge in [-0.05, 0) is 61.7 Å². The molecule has 2 atom stereocenters. The first-order chi connectivity index (χ1) is 7.68. The van der Waals surface area contributed by atoms with Gasteiger partial charge in [-0.1, -0.05) is 40.0 Å². The Morgan fingerprint density at radius 3 is 2.00 bits per heavy atom. The lowest BCUT2D eigenvalue weighted by Gasteiger charge is -2.40. The minimum Gasteiger partial charge on any atom is -0.0625 e. The third-order valence-electron chi connectivity index (χ3n) is 5.54.